The number of hydrogen-bond acceptors (Lipinski definition) is 4. The number of aryl methyl sites for hydroxylation is 4. The number of nitrogens with one attached hydrogen (secondary N) is 2. The monoisotopic (exact) mass is 407 g/mol. The van der Waals surface area contributed by atoms with E-state index >= 15 is 0 Å². The lowest BCUT2D eigenvalue weighted by atomic mass is 10.1. The van der Waals surface area contributed by atoms with E-state index in [0.29, 0.717) is 18.7 Å². The summed E-state index contributed by atoms with van der Waals surface area (Å²) in [5.74, 6) is -1.28. The van der Waals surface area contributed by atoms with Crippen molar-refractivity contribution in [2.75, 3.05) is 11.9 Å². The quantitative estimate of drug-likeness (QED) is 0.618. The van der Waals surface area contributed by atoms with E-state index in [1.165, 1.54) is 5.56 Å². The molecule has 1 aromatic heterocycles. The Bertz CT molecular complexity index is 1020. The highest BCUT2D eigenvalue weighted by molar-refractivity contribution is 7.15. The minimum absolute atomic E-state index is 0.384. The topological polar surface area (TPSA) is 71.1 Å². The molecule has 3 rings (SSSR count). The first-order chi connectivity index (χ1) is 13.8. The summed E-state index contributed by atoms with van der Waals surface area (Å²) in [5, 5.41) is 6.38. The maximum Gasteiger partial charge on any atom is 0.313 e. The van der Waals surface area contributed by atoms with Crippen molar-refractivity contribution in [3.05, 3.63) is 69.7 Å². The lowest BCUT2D eigenvalue weighted by Crippen LogP contribution is -2.36. The van der Waals surface area contributed by atoms with Gasteiger partial charge < -0.3 is 10.6 Å². The first kappa shape index (κ1) is 20.7. The van der Waals surface area contributed by atoms with Crippen LogP contribution >= 0.6 is 11.3 Å². The van der Waals surface area contributed by atoms with E-state index in [1.54, 1.807) is 11.3 Å². The largest absolute Gasteiger partial charge is 0.347 e. The van der Waals surface area contributed by atoms with E-state index < -0.39 is 11.8 Å². The van der Waals surface area contributed by atoms with E-state index in [-0.39, 0.29) is 0 Å². The van der Waals surface area contributed by atoms with E-state index in [4.69, 9.17) is 0 Å². The number of aromatic nitrogens is 1. The van der Waals surface area contributed by atoms with Crippen molar-refractivity contribution in [3.8, 4) is 10.6 Å². The van der Waals surface area contributed by atoms with Crippen LogP contribution in [0.15, 0.2) is 42.5 Å². The zero-order valence-corrected chi connectivity index (χ0v) is 17.9. The Kier molecular flexibility index (Phi) is 6.44. The standard InChI is InChI=1S/C23H25N3O2S/c1-14-8-10-18(11-9-14)23-25-17(4)19(29-23)12-13-24-21(27)22(28)26-20-15(2)6-5-7-16(20)3/h5-11H,12-13H2,1-4H3,(H,24,27)(H,26,28). The van der Waals surface area contributed by atoms with Gasteiger partial charge in [0.05, 0.1) is 5.69 Å². The molecular formula is C23H25N3O2S. The van der Waals surface area contributed by atoms with Gasteiger partial charge in [0.25, 0.3) is 0 Å². The van der Waals surface area contributed by atoms with Crippen molar-refractivity contribution in [1.29, 1.82) is 0 Å². The minimum atomic E-state index is -0.649. The van der Waals surface area contributed by atoms with Gasteiger partial charge in [-0.25, -0.2) is 4.98 Å². The van der Waals surface area contributed by atoms with Crippen molar-refractivity contribution in [2.45, 2.75) is 34.1 Å². The average molecular weight is 408 g/mol. The van der Waals surface area contributed by atoms with Crippen LogP contribution in [-0.4, -0.2) is 23.3 Å². The predicted molar refractivity (Wildman–Crippen MR) is 118 cm³/mol. The van der Waals surface area contributed by atoms with Gasteiger partial charge in [0.2, 0.25) is 0 Å². The average Bonchev–Trinajstić information content (AvgIpc) is 3.06. The molecule has 6 heteroatoms. The summed E-state index contributed by atoms with van der Waals surface area (Å²) in [4.78, 5) is 30.1. The van der Waals surface area contributed by atoms with Crippen molar-refractivity contribution >= 4 is 28.8 Å². The fraction of sp³-hybridized carbons (Fsp3) is 0.261. The summed E-state index contributed by atoms with van der Waals surface area (Å²) in [6.07, 6.45) is 0.637. The van der Waals surface area contributed by atoms with Crippen molar-refractivity contribution in [1.82, 2.24) is 10.3 Å². The molecule has 1 heterocycles. The molecule has 2 N–H and O–H groups in total. The van der Waals surface area contributed by atoms with Crippen LogP contribution in [0, 0.1) is 27.7 Å². The number of benzene rings is 2. The molecule has 2 aromatic carbocycles. The summed E-state index contributed by atoms with van der Waals surface area (Å²) in [5.41, 5.74) is 5.80. The summed E-state index contributed by atoms with van der Waals surface area (Å²) in [6, 6.07) is 14.0. The first-order valence-electron chi connectivity index (χ1n) is 9.54. The lowest BCUT2D eigenvalue weighted by molar-refractivity contribution is -0.136. The molecule has 0 aliphatic heterocycles. The molecular weight excluding hydrogens is 382 g/mol. The second-order valence-electron chi connectivity index (χ2n) is 7.12. The summed E-state index contributed by atoms with van der Waals surface area (Å²) in [7, 11) is 0. The Balaban J connectivity index is 1.56. The highest BCUT2D eigenvalue weighted by Gasteiger charge is 2.16. The zero-order chi connectivity index (χ0) is 21.0. The van der Waals surface area contributed by atoms with Gasteiger partial charge in [-0.2, -0.15) is 0 Å². The van der Waals surface area contributed by atoms with E-state index in [2.05, 4.69) is 46.8 Å². The first-order valence-corrected chi connectivity index (χ1v) is 10.4. The van der Waals surface area contributed by atoms with Gasteiger partial charge >= 0.3 is 11.8 Å². The highest BCUT2D eigenvalue weighted by atomic mass is 32.1. The van der Waals surface area contributed by atoms with Gasteiger partial charge in [0.15, 0.2) is 0 Å². The molecule has 150 valence electrons. The summed E-state index contributed by atoms with van der Waals surface area (Å²) < 4.78 is 0. The van der Waals surface area contributed by atoms with Crippen molar-refractivity contribution in [2.24, 2.45) is 0 Å². The molecule has 3 aromatic rings. The molecule has 0 atom stereocenters. The summed E-state index contributed by atoms with van der Waals surface area (Å²) >= 11 is 1.62. The highest BCUT2D eigenvalue weighted by Crippen LogP contribution is 2.28. The number of anilines is 1. The van der Waals surface area contributed by atoms with Gasteiger partial charge in [0.1, 0.15) is 5.01 Å². The Morgan fingerprint density at radius 1 is 0.931 bits per heavy atom. The number of hydrogen-bond donors (Lipinski definition) is 2. The van der Waals surface area contributed by atoms with Crippen LogP contribution < -0.4 is 10.6 Å². The minimum Gasteiger partial charge on any atom is -0.347 e. The number of carbonyl (C=O) groups excluding carboxylic acids is 2. The maximum atomic E-state index is 12.2. The zero-order valence-electron chi connectivity index (χ0n) is 17.1. The molecule has 5 nitrogen and oxygen atoms in total. The maximum absolute atomic E-state index is 12.2. The molecule has 0 radical (unpaired) electrons. The van der Waals surface area contributed by atoms with Crippen LogP contribution in [0.1, 0.15) is 27.3 Å². The predicted octanol–water partition coefficient (Wildman–Crippen LogP) is 4.34. The molecule has 0 saturated heterocycles. The van der Waals surface area contributed by atoms with Gasteiger partial charge in [-0.1, -0.05) is 48.0 Å². The number of nitrogens with zero attached hydrogens (tertiary/aromatic N) is 1. The molecule has 0 fully saturated rings. The van der Waals surface area contributed by atoms with Crippen LogP contribution in [0.4, 0.5) is 5.69 Å². The third-order valence-electron chi connectivity index (χ3n) is 4.75. The third kappa shape index (κ3) is 5.09. The van der Waals surface area contributed by atoms with Crippen LogP contribution in [0.3, 0.4) is 0 Å². The molecule has 0 aliphatic rings. The number of thiazole rings is 1. The van der Waals surface area contributed by atoms with Crippen LogP contribution in [0.25, 0.3) is 10.6 Å². The Labute approximate surface area is 175 Å². The molecule has 0 saturated carbocycles. The number of rotatable bonds is 5. The van der Waals surface area contributed by atoms with Crippen LogP contribution in [0.5, 0.6) is 0 Å². The van der Waals surface area contributed by atoms with Crippen LogP contribution in [0.2, 0.25) is 0 Å². The van der Waals surface area contributed by atoms with E-state index in [0.717, 1.165) is 32.3 Å². The Morgan fingerprint density at radius 3 is 2.24 bits per heavy atom. The molecule has 0 aliphatic carbocycles. The molecule has 2 amide bonds. The van der Waals surface area contributed by atoms with Gasteiger partial charge in [-0.05, 0) is 38.8 Å². The van der Waals surface area contributed by atoms with Crippen LogP contribution in [-0.2, 0) is 16.0 Å². The number of amides is 2. The number of carbonyl (C=O) groups is 2. The van der Waals surface area contributed by atoms with E-state index in [1.807, 2.05) is 39.0 Å². The van der Waals surface area contributed by atoms with Gasteiger partial charge in [0, 0.05) is 29.1 Å². The summed E-state index contributed by atoms with van der Waals surface area (Å²) in [6.45, 7) is 8.22. The third-order valence-corrected chi connectivity index (χ3v) is 6.02. The SMILES string of the molecule is Cc1ccc(-c2nc(C)c(CCNC(=O)C(=O)Nc3c(C)cccc3C)s2)cc1. The Morgan fingerprint density at radius 2 is 1.59 bits per heavy atom. The number of para-hydroxylation sites is 1. The normalized spacial score (nSPS) is 10.6. The van der Waals surface area contributed by atoms with Crippen molar-refractivity contribution < 1.29 is 9.59 Å². The molecule has 0 bridgehead atoms. The van der Waals surface area contributed by atoms with Gasteiger partial charge in [-0.15, -0.1) is 11.3 Å². The lowest BCUT2D eigenvalue weighted by Gasteiger charge is -2.11. The second-order valence-corrected chi connectivity index (χ2v) is 8.20. The molecule has 0 unspecified atom stereocenters. The molecule has 29 heavy (non-hydrogen) atoms. The smallest absolute Gasteiger partial charge is 0.313 e. The van der Waals surface area contributed by atoms with Gasteiger partial charge in [-0.3, -0.25) is 9.59 Å². The van der Waals surface area contributed by atoms with E-state index in [9.17, 15) is 9.59 Å². The fourth-order valence-corrected chi connectivity index (χ4v) is 4.10. The molecule has 0 spiro atoms. The Hall–Kier alpha value is -2.99. The fourth-order valence-electron chi connectivity index (χ4n) is 3.03. The van der Waals surface area contributed by atoms with Crippen molar-refractivity contribution in [3.63, 3.8) is 0 Å². The second kappa shape index (κ2) is 9.01.